The molecule has 0 aliphatic rings. The van der Waals surface area contributed by atoms with Gasteiger partial charge in [-0.15, -0.1) is 23.1 Å². The van der Waals surface area contributed by atoms with Gasteiger partial charge >= 0.3 is 0 Å². The van der Waals surface area contributed by atoms with Crippen molar-refractivity contribution in [3.8, 4) is 0 Å². The Balaban J connectivity index is 2.06. The number of amides is 2. The summed E-state index contributed by atoms with van der Waals surface area (Å²) in [6.45, 7) is 0.804. The van der Waals surface area contributed by atoms with Crippen LogP contribution in [0.2, 0.25) is 0 Å². The molecule has 0 spiro atoms. The van der Waals surface area contributed by atoms with E-state index >= 15 is 0 Å². The third kappa shape index (κ3) is 6.61. The van der Waals surface area contributed by atoms with Crippen LogP contribution < -0.4 is 10.0 Å². The third-order valence-electron chi connectivity index (χ3n) is 3.16. The van der Waals surface area contributed by atoms with Gasteiger partial charge in [-0.2, -0.15) is 0 Å². The van der Waals surface area contributed by atoms with Crippen LogP contribution in [0.4, 0.5) is 0 Å². The maximum atomic E-state index is 12.5. The summed E-state index contributed by atoms with van der Waals surface area (Å²) >= 11 is 5.36. The van der Waals surface area contributed by atoms with Crippen molar-refractivity contribution in [2.75, 3.05) is 26.0 Å². The molecule has 0 aliphatic heterocycles. The first-order valence-electron chi connectivity index (χ1n) is 7.63. The quantitative estimate of drug-likeness (QED) is 0.411. The van der Waals surface area contributed by atoms with Crippen molar-refractivity contribution in [3.05, 3.63) is 45.7 Å². The number of sulfonamides is 1. The standard InChI is InChI=1S/C16H17BrN2O5S3/c1-24-9-8-18-14(20)10-25-12-5-3-2-4-11(12)16(21)19-27(22,23)15-7-6-13(17)26-15/h2-7H,8-10H2,1H3,(H,18,20)(H,19,21). The van der Waals surface area contributed by atoms with Crippen LogP contribution in [-0.4, -0.2) is 46.2 Å². The third-order valence-corrected chi connectivity index (χ3v) is 7.68. The first-order chi connectivity index (χ1) is 12.8. The zero-order valence-corrected chi connectivity index (χ0v) is 18.3. The number of carbonyl (C=O) groups excluding carboxylic acids is 2. The summed E-state index contributed by atoms with van der Waals surface area (Å²) < 4.78 is 32.3. The van der Waals surface area contributed by atoms with Gasteiger partial charge in [-0.1, -0.05) is 12.1 Å². The molecule has 1 heterocycles. The van der Waals surface area contributed by atoms with Crippen LogP contribution in [0.3, 0.4) is 0 Å². The highest BCUT2D eigenvalue weighted by Gasteiger charge is 2.22. The number of benzene rings is 1. The second-order valence-corrected chi connectivity index (χ2v) is 10.5. The van der Waals surface area contributed by atoms with E-state index in [2.05, 4.69) is 26.0 Å². The number of rotatable bonds is 9. The van der Waals surface area contributed by atoms with E-state index in [1.54, 1.807) is 31.4 Å². The number of thioether (sulfide) groups is 1. The molecule has 2 aromatic rings. The largest absolute Gasteiger partial charge is 0.383 e. The average Bonchev–Trinajstić information content (AvgIpc) is 3.07. The first-order valence-corrected chi connectivity index (χ1v) is 11.7. The van der Waals surface area contributed by atoms with E-state index in [0.717, 1.165) is 23.1 Å². The lowest BCUT2D eigenvalue weighted by Crippen LogP contribution is -2.30. The smallest absolute Gasteiger partial charge is 0.273 e. The van der Waals surface area contributed by atoms with Gasteiger partial charge in [0.1, 0.15) is 4.21 Å². The molecule has 0 fully saturated rings. The molecule has 2 rings (SSSR count). The molecule has 27 heavy (non-hydrogen) atoms. The van der Waals surface area contributed by atoms with Crippen LogP contribution in [0.5, 0.6) is 0 Å². The molecule has 11 heteroatoms. The highest BCUT2D eigenvalue weighted by Crippen LogP contribution is 2.27. The summed E-state index contributed by atoms with van der Waals surface area (Å²) in [5, 5.41) is 2.68. The molecule has 0 atom stereocenters. The van der Waals surface area contributed by atoms with E-state index in [0.29, 0.717) is 21.8 Å². The van der Waals surface area contributed by atoms with Crippen molar-refractivity contribution in [1.82, 2.24) is 10.0 Å². The Labute approximate surface area is 174 Å². The van der Waals surface area contributed by atoms with Gasteiger partial charge in [-0.05, 0) is 40.2 Å². The van der Waals surface area contributed by atoms with E-state index in [4.69, 9.17) is 4.74 Å². The Morgan fingerprint density at radius 3 is 2.63 bits per heavy atom. The van der Waals surface area contributed by atoms with E-state index in [-0.39, 0.29) is 21.4 Å². The minimum atomic E-state index is -3.96. The summed E-state index contributed by atoms with van der Waals surface area (Å²) in [4.78, 5) is 24.8. The second kappa shape index (κ2) is 10.2. The molecular weight excluding hydrogens is 476 g/mol. The summed E-state index contributed by atoms with van der Waals surface area (Å²) in [7, 11) is -2.42. The fraction of sp³-hybridized carbons (Fsp3) is 0.250. The number of thiophene rings is 1. The van der Waals surface area contributed by atoms with Crippen LogP contribution in [-0.2, 0) is 19.6 Å². The van der Waals surface area contributed by atoms with Crippen molar-refractivity contribution in [1.29, 1.82) is 0 Å². The van der Waals surface area contributed by atoms with Crippen molar-refractivity contribution < 1.29 is 22.7 Å². The Morgan fingerprint density at radius 1 is 1.22 bits per heavy atom. The summed E-state index contributed by atoms with van der Waals surface area (Å²) in [5.74, 6) is -0.857. The van der Waals surface area contributed by atoms with E-state index in [1.165, 1.54) is 12.1 Å². The van der Waals surface area contributed by atoms with Gasteiger partial charge in [-0.25, -0.2) is 13.1 Å². The number of ether oxygens (including phenoxy) is 1. The maximum Gasteiger partial charge on any atom is 0.273 e. The van der Waals surface area contributed by atoms with Gasteiger partial charge in [0.25, 0.3) is 15.9 Å². The average molecular weight is 493 g/mol. The Bertz CT molecular complexity index is 914. The summed E-state index contributed by atoms with van der Waals surface area (Å²) in [6.07, 6.45) is 0. The predicted octanol–water partition coefficient (Wildman–Crippen LogP) is 2.48. The fourth-order valence-corrected chi connectivity index (χ4v) is 5.79. The Hall–Kier alpha value is -1.40. The van der Waals surface area contributed by atoms with E-state index < -0.39 is 15.9 Å². The number of hydrogen-bond acceptors (Lipinski definition) is 7. The van der Waals surface area contributed by atoms with Crippen molar-refractivity contribution in [3.63, 3.8) is 0 Å². The lowest BCUT2D eigenvalue weighted by Gasteiger charge is -2.10. The normalized spacial score (nSPS) is 11.2. The van der Waals surface area contributed by atoms with Crippen LogP contribution in [0.15, 0.2) is 49.3 Å². The fourth-order valence-electron chi connectivity index (χ4n) is 1.94. The van der Waals surface area contributed by atoms with Gasteiger partial charge < -0.3 is 10.1 Å². The molecule has 0 saturated carbocycles. The van der Waals surface area contributed by atoms with Gasteiger partial charge in [0.2, 0.25) is 5.91 Å². The van der Waals surface area contributed by atoms with Crippen molar-refractivity contribution >= 4 is 60.9 Å². The number of methoxy groups -OCH3 is 1. The molecule has 0 saturated heterocycles. The molecule has 0 unspecified atom stereocenters. The molecule has 0 bridgehead atoms. The first kappa shape index (κ1) is 21.9. The second-order valence-electron chi connectivity index (χ2n) is 5.12. The Kier molecular flexibility index (Phi) is 8.29. The van der Waals surface area contributed by atoms with Gasteiger partial charge in [-0.3, -0.25) is 9.59 Å². The zero-order chi connectivity index (χ0) is 19.9. The van der Waals surface area contributed by atoms with E-state index in [1.807, 2.05) is 0 Å². The van der Waals surface area contributed by atoms with Crippen molar-refractivity contribution in [2.45, 2.75) is 9.10 Å². The molecule has 146 valence electrons. The number of nitrogens with one attached hydrogen (secondary N) is 2. The lowest BCUT2D eigenvalue weighted by molar-refractivity contribution is -0.118. The lowest BCUT2D eigenvalue weighted by atomic mass is 10.2. The number of carbonyl (C=O) groups is 2. The monoisotopic (exact) mass is 492 g/mol. The highest BCUT2D eigenvalue weighted by atomic mass is 79.9. The summed E-state index contributed by atoms with van der Waals surface area (Å²) in [5.41, 5.74) is 0.186. The number of hydrogen-bond donors (Lipinski definition) is 2. The number of halogens is 1. The SMILES string of the molecule is COCCNC(=O)CSc1ccccc1C(=O)NS(=O)(=O)c1ccc(Br)s1. The zero-order valence-electron chi connectivity index (χ0n) is 14.2. The van der Waals surface area contributed by atoms with Gasteiger partial charge in [0.05, 0.1) is 21.7 Å². The molecule has 7 nitrogen and oxygen atoms in total. The van der Waals surface area contributed by atoms with Crippen LogP contribution in [0.1, 0.15) is 10.4 Å². The molecule has 2 amide bonds. The van der Waals surface area contributed by atoms with Crippen LogP contribution >= 0.6 is 39.0 Å². The molecule has 1 aromatic heterocycles. The molecule has 0 aliphatic carbocycles. The van der Waals surface area contributed by atoms with Crippen LogP contribution in [0.25, 0.3) is 0 Å². The molecule has 2 N–H and O–H groups in total. The van der Waals surface area contributed by atoms with Gasteiger partial charge in [0.15, 0.2) is 0 Å². The molecule has 0 radical (unpaired) electrons. The molecular formula is C16H17BrN2O5S3. The van der Waals surface area contributed by atoms with Crippen molar-refractivity contribution in [2.24, 2.45) is 0 Å². The maximum absolute atomic E-state index is 12.5. The predicted molar refractivity (Wildman–Crippen MR) is 109 cm³/mol. The summed E-state index contributed by atoms with van der Waals surface area (Å²) in [6, 6.07) is 9.53. The molecule has 1 aromatic carbocycles. The van der Waals surface area contributed by atoms with Crippen LogP contribution in [0, 0.1) is 0 Å². The minimum absolute atomic E-state index is 0.0328. The van der Waals surface area contributed by atoms with E-state index in [9.17, 15) is 18.0 Å². The van der Waals surface area contributed by atoms with Gasteiger partial charge in [0, 0.05) is 18.6 Å². The highest BCUT2D eigenvalue weighted by molar-refractivity contribution is 9.11. The Morgan fingerprint density at radius 2 is 1.96 bits per heavy atom. The minimum Gasteiger partial charge on any atom is -0.383 e. The topological polar surface area (TPSA) is 102 Å².